The first-order valence-corrected chi connectivity index (χ1v) is 14.8. The molecule has 4 fully saturated rings. The third-order valence-corrected chi connectivity index (χ3v) is 9.36. The molecule has 0 amide bonds. The van der Waals surface area contributed by atoms with Crippen LogP contribution in [-0.2, 0) is 4.74 Å². The highest BCUT2D eigenvalue weighted by Gasteiger charge is 2.56. The lowest BCUT2D eigenvalue weighted by Crippen LogP contribution is -2.43. The van der Waals surface area contributed by atoms with Crippen molar-refractivity contribution >= 4 is 33.2 Å². The molecule has 4 aromatic rings. The molecule has 3 aliphatic heterocycles. The number of nitrogens with zero attached hydrogens (tertiary/aromatic N) is 5. The SMILES string of the molecule is [2H]C([2H])(Oc1nc(N2CCOC[C@@H]3[C@H]2[C@@]3([2H])F)c2cnc(-c3cc(N)cc4ccc(F)c(C#C)c34)c(F)c2n1)[C@@]12CCCN1C[C@H](F)C2. The number of hydrogen-bond donors (Lipinski definition) is 1. The van der Waals surface area contributed by atoms with Crippen molar-refractivity contribution in [3.8, 4) is 29.6 Å². The Morgan fingerprint density at radius 3 is 2.96 bits per heavy atom. The Labute approximate surface area is 260 Å². The van der Waals surface area contributed by atoms with Gasteiger partial charge in [0.2, 0.25) is 0 Å². The van der Waals surface area contributed by atoms with Crippen LogP contribution in [0.5, 0.6) is 6.01 Å². The first-order chi connectivity index (χ1) is 22.9. The average Bonchev–Trinajstić information content (AvgIpc) is 3.21. The van der Waals surface area contributed by atoms with E-state index in [2.05, 4.69) is 20.9 Å². The Hall–Kier alpha value is -4.21. The Balaban J connectivity index is 1.33. The maximum absolute atomic E-state index is 16.9. The van der Waals surface area contributed by atoms with E-state index in [4.69, 9.17) is 25.7 Å². The summed E-state index contributed by atoms with van der Waals surface area (Å²) in [5, 5.41) is 0.682. The van der Waals surface area contributed by atoms with Crippen molar-refractivity contribution in [1.82, 2.24) is 19.9 Å². The first kappa shape index (κ1) is 25.0. The molecule has 0 spiro atoms. The summed E-state index contributed by atoms with van der Waals surface area (Å²) in [4.78, 5) is 16.4. The molecule has 5 atom stereocenters. The molecule has 2 N–H and O–H groups in total. The van der Waals surface area contributed by atoms with Crippen LogP contribution in [0.25, 0.3) is 32.9 Å². The molecule has 45 heavy (non-hydrogen) atoms. The van der Waals surface area contributed by atoms with E-state index in [0.717, 1.165) is 0 Å². The van der Waals surface area contributed by atoms with Crippen LogP contribution in [0.1, 0.15) is 28.9 Å². The zero-order valence-corrected chi connectivity index (χ0v) is 24.0. The number of pyridine rings is 1. The van der Waals surface area contributed by atoms with Gasteiger partial charge in [0.05, 0.1) is 39.9 Å². The quantitative estimate of drug-likeness (QED) is 0.193. The zero-order valence-electron chi connectivity index (χ0n) is 27.0. The number of anilines is 2. The second-order valence-corrected chi connectivity index (χ2v) is 12.0. The van der Waals surface area contributed by atoms with Gasteiger partial charge in [0.1, 0.15) is 41.7 Å². The van der Waals surface area contributed by atoms with Crippen LogP contribution in [-0.4, -0.2) is 83.2 Å². The minimum Gasteiger partial charge on any atom is -0.461 e. The van der Waals surface area contributed by atoms with Crippen molar-refractivity contribution in [3.05, 3.63) is 47.7 Å². The Kier molecular flexibility index (Phi) is 5.80. The van der Waals surface area contributed by atoms with Gasteiger partial charge in [-0.1, -0.05) is 12.0 Å². The van der Waals surface area contributed by atoms with Gasteiger partial charge in [-0.3, -0.25) is 9.88 Å². The van der Waals surface area contributed by atoms with Crippen LogP contribution < -0.4 is 15.4 Å². The molecule has 4 aliphatic rings. The van der Waals surface area contributed by atoms with Crippen LogP contribution in [0, 0.1) is 29.9 Å². The van der Waals surface area contributed by atoms with Crippen LogP contribution in [0.4, 0.5) is 29.1 Å². The molecule has 1 aliphatic carbocycles. The summed E-state index contributed by atoms with van der Waals surface area (Å²) in [5.74, 6) is -0.205. The summed E-state index contributed by atoms with van der Waals surface area (Å²) >= 11 is 0. The number of fused-ring (bicyclic) bond motifs is 4. The van der Waals surface area contributed by atoms with Gasteiger partial charge in [-0.2, -0.15) is 9.97 Å². The highest BCUT2D eigenvalue weighted by molar-refractivity contribution is 6.03. The molecule has 5 heterocycles. The van der Waals surface area contributed by atoms with E-state index in [9.17, 15) is 8.78 Å². The number of rotatable bonds is 5. The van der Waals surface area contributed by atoms with E-state index in [-0.39, 0.29) is 77.3 Å². The summed E-state index contributed by atoms with van der Waals surface area (Å²) < 4.78 is 99.4. The smallest absolute Gasteiger partial charge is 0.319 e. The molecule has 0 radical (unpaired) electrons. The fourth-order valence-corrected chi connectivity index (χ4v) is 7.22. The Morgan fingerprint density at radius 2 is 2.11 bits per heavy atom. The molecular weight excluding hydrogens is 588 g/mol. The topological polar surface area (TPSA) is 89.6 Å². The van der Waals surface area contributed by atoms with Gasteiger partial charge in [0.25, 0.3) is 0 Å². The lowest BCUT2D eigenvalue weighted by atomic mass is 9.95. The van der Waals surface area contributed by atoms with Crippen LogP contribution in [0.15, 0.2) is 30.5 Å². The maximum Gasteiger partial charge on any atom is 0.319 e. The molecule has 1 saturated carbocycles. The molecule has 3 saturated heterocycles. The monoisotopic (exact) mass is 621 g/mol. The number of aromatic nitrogens is 3. The molecule has 12 heteroatoms. The number of nitrogens with two attached hydrogens (primary N) is 1. The minimum atomic E-state index is -2.51. The second-order valence-electron chi connectivity index (χ2n) is 12.0. The van der Waals surface area contributed by atoms with Crippen molar-refractivity contribution < 1.29 is 31.1 Å². The number of alkyl halides is 2. The summed E-state index contributed by atoms with van der Waals surface area (Å²) in [6.07, 6.45) is 4.17. The molecule has 8 nitrogen and oxygen atoms in total. The van der Waals surface area contributed by atoms with Gasteiger partial charge in [0.15, 0.2) is 5.82 Å². The fourth-order valence-electron chi connectivity index (χ4n) is 7.22. The number of benzene rings is 2. The van der Waals surface area contributed by atoms with Gasteiger partial charge in [-0.05, 0) is 43.0 Å². The number of ether oxygens (including phenoxy) is 2. The maximum atomic E-state index is 16.9. The number of nitrogen functional groups attached to an aromatic ring is 1. The van der Waals surface area contributed by atoms with Crippen LogP contribution in [0.3, 0.4) is 0 Å². The van der Waals surface area contributed by atoms with E-state index in [1.165, 1.54) is 29.3 Å². The molecule has 8 rings (SSSR count). The molecule has 0 unspecified atom stereocenters. The first-order valence-electron chi connectivity index (χ1n) is 16.3. The van der Waals surface area contributed by atoms with Gasteiger partial charge in [0, 0.05) is 48.3 Å². The molecule has 232 valence electrons. The second kappa shape index (κ2) is 10.4. The molecule has 2 aromatic carbocycles. The number of hydrogen-bond acceptors (Lipinski definition) is 8. The third-order valence-electron chi connectivity index (χ3n) is 9.36. The summed E-state index contributed by atoms with van der Waals surface area (Å²) in [6.45, 7) is -1.71. The molecule has 0 bridgehead atoms. The largest absolute Gasteiger partial charge is 0.461 e. The van der Waals surface area contributed by atoms with Crippen molar-refractivity contribution in [3.63, 3.8) is 0 Å². The van der Waals surface area contributed by atoms with Gasteiger partial charge >= 0.3 is 6.01 Å². The van der Waals surface area contributed by atoms with E-state index >= 15 is 8.78 Å². The Morgan fingerprint density at radius 1 is 1.24 bits per heavy atom. The average molecular weight is 622 g/mol. The van der Waals surface area contributed by atoms with E-state index in [1.807, 2.05) is 0 Å². The lowest BCUT2D eigenvalue weighted by Gasteiger charge is -2.31. The van der Waals surface area contributed by atoms with Crippen molar-refractivity contribution in [1.29, 1.82) is 0 Å². The Bertz CT molecular complexity index is 2050. The normalized spacial score (nSPS) is 30.7. The molecular formula is C33H30F4N6O2. The summed E-state index contributed by atoms with van der Waals surface area (Å²) in [7, 11) is 0. The zero-order chi connectivity index (χ0) is 33.7. The van der Waals surface area contributed by atoms with Crippen LogP contribution in [0.2, 0.25) is 0 Å². The highest BCUT2D eigenvalue weighted by Crippen LogP contribution is 2.46. The van der Waals surface area contributed by atoms with Crippen molar-refractivity contribution in [2.24, 2.45) is 5.92 Å². The number of terminal acetylenes is 1. The summed E-state index contributed by atoms with van der Waals surface area (Å²) in [6, 6.07) is 4.09. The lowest BCUT2D eigenvalue weighted by molar-refractivity contribution is 0.107. The number of halogens is 4. The standard InChI is InChI=1S/C33H30F4N6O2/c1-2-20-24(35)5-4-17-10-19(38)11-21(25(17)20)28-27(37)29-22(13-39-28)31(43-8-9-44-15-23-26(36)30(23)43)41-32(40-29)45-16-33-6-3-7-42(33)14-18(34)12-33/h1,4-5,10-11,13,18,23,26,30H,3,6-9,12,14-16,38H2/t18-,23+,26+,30+,33+/m1/s1/i16D2,26D. The predicted octanol–water partition coefficient (Wildman–Crippen LogP) is 4.82. The predicted molar refractivity (Wildman–Crippen MR) is 161 cm³/mol. The van der Waals surface area contributed by atoms with Gasteiger partial charge in [-0.15, -0.1) is 6.42 Å². The summed E-state index contributed by atoms with van der Waals surface area (Å²) in [5.41, 5.74) is 4.44. The van der Waals surface area contributed by atoms with E-state index in [1.54, 1.807) is 11.0 Å². The molecule has 2 aromatic heterocycles. The highest BCUT2D eigenvalue weighted by atomic mass is 19.1. The van der Waals surface area contributed by atoms with Gasteiger partial charge < -0.3 is 20.1 Å². The fraction of sp³-hybridized carbons (Fsp3) is 0.424. The van der Waals surface area contributed by atoms with Crippen molar-refractivity contribution in [2.45, 2.75) is 43.2 Å². The van der Waals surface area contributed by atoms with Crippen molar-refractivity contribution in [2.75, 3.05) is 50.0 Å². The third kappa shape index (κ3) is 4.47. The van der Waals surface area contributed by atoms with Gasteiger partial charge in [-0.25, -0.2) is 17.6 Å². The minimum absolute atomic E-state index is 0.00613. The van der Waals surface area contributed by atoms with E-state index < -0.39 is 54.0 Å². The van der Waals surface area contributed by atoms with E-state index in [0.29, 0.717) is 24.8 Å². The van der Waals surface area contributed by atoms with Crippen LogP contribution >= 0.6 is 0 Å².